The molecule has 0 bridgehead atoms. The van der Waals surface area contributed by atoms with Crippen LogP contribution in [0, 0.1) is 0 Å². The molecule has 4 rings (SSSR count). The number of benzene rings is 1. The molecule has 36 heavy (non-hydrogen) atoms. The highest BCUT2D eigenvalue weighted by Crippen LogP contribution is 2.24. The van der Waals surface area contributed by atoms with Crippen LogP contribution in [0.15, 0.2) is 54.0 Å². The Kier molecular flexibility index (Phi) is 7.88. The summed E-state index contributed by atoms with van der Waals surface area (Å²) in [5.41, 5.74) is 0.327. The second-order valence-corrected chi connectivity index (χ2v) is 8.62. The summed E-state index contributed by atoms with van der Waals surface area (Å²) in [4.78, 5) is 37.4. The molecule has 1 fully saturated rings. The Labute approximate surface area is 208 Å². The number of carbonyl (C=O) groups is 2. The monoisotopic (exact) mass is 521 g/mol. The van der Waals surface area contributed by atoms with Gasteiger partial charge in [-0.1, -0.05) is 6.07 Å². The van der Waals surface area contributed by atoms with Gasteiger partial charge in [0.2, 0.25) is 0 Å². The summed E-state index contributed by atoms with van der Waals surface area (Å²) in [6.45, 7) is 2.24. The third-order valence-electron chi connectivity index (χ3n) is 5.18. The first-order valence-corrected chi connectivity index (χ1v) is 11.8. The molecule has 2 amide bonds. The van der Waals surface area contributed by atoms with E-state index in [0.717, 1.165) is 18.0 Å². The molecule has 1 aliphatic heterocycles. The maximum atomic E-state index is 12.8. The quantitative estimate of drug-likeness (QED) is 0.487. The van der Waals surface area contributed by atoms with Crippen molar-refractivity contribution in [1.82, 2.24) is 20.2 Å². The van der Waals surface area contributed by atoms with Gasteiger partial charge in [-0.3, -0.25) is 9.59 Å². The number of anilines is 1. The van der Waals surface area contributed by atoms with Crippen molar-refractivity contribution in [3.05, 3.63) is 64.7 Å². The molecule has 1 aromatic carbocycles. The Morgan fingerprint density at radius 3 is 2.42 bits per heavy atom. The Balaban J connectivity index is 1.19. The van der Waals surface area contributed by atoms with Crippen molar-refractivity contribution in [1.29, 1.82) is 0 Å². The van der Waals surface area contributed by atoms with Crippen molar-refractivity contribution in [3.8, 4) is 11.5 Å². The van der Waals surface area contributed by atoms with E-state index in [1.807, 2.05) is 18.2 Å². The zero-order valence-electron chi connectivity index (χ0n) is 18.9. The fourth-order valence-corrected chi connectivity index (χ4v) is 4.15. The van der Waals surface area contributed by atoms with E-state index in [2.05, 4.69) is 24.9 Å². The number of aromatic nitrogens is 2. The molecule has 0 atom stereocenters. The maximum Gasteiger partial charge on any atom is 0.573 e. The van der Waals surface area contributed by atoms with Gasteiger partial charge in [-0.15, -0.1) is 24.5 Å². The molecule has 2 aromatic heterocycles. The van der Waals surface area contributed by atoms with E-state index in [1.54, 1.807) is 16.5 Å². The number of ether oxygens (including phenoxy) is 2. The second-order valence-electron chi connectivity index (χ2n) is 7.68. The van der Waals surface area contributed by atoms with Gasteiger partial charge < -0.3 is 24.6 Å². The van der Waals surface area contributed by atoms with Gasteiger partial charge in [0.05, 0.1) is 6.54 Å². The Hall–Kier alpha value is -3.87. The number of alkyl halides is 3. The minimum Gasteiger partial charge on any atom is -0.484 e. The summed E-state index contributed by atoms with van der Waals surface area (Å²) in [5, 5.41) is 4.86. The third-order valence-corrected chi connectivity index (χ3v) is 6.02. The van der Waals surface area contributed by atoms with Crippen LogP contribution >= 0.6 is 11.3 Å². The van der Waals surface area contributed by atoms with Crippen molar-refractivity contribution >= 4 is 29.0 Å². The van der Waals surface area contributed by atoms with Crippen LogP contribution in [0.5, 0.6) is 11.5 Å². The van der Waals surface area contributed by atoms with E-state index in [4.69, 9.17) is 4.74 Å². The highest BCUT2D eigenvalue weighted by Gasteiger charge is 2.31. The maximum absolute atomic E-state index is 12.8. The summed E-state index contributed by atoms with van der Waals surface area (Å²) in [6, 6.07) is 10.4. The molecule has 1 saturated heterocycles. The van der Waals surface area contributed by atoms with Crippen molar-refractivity contribution in [2.45, 2.75) is 12.9 Å². The lowest BCUT2D eigenvalue weighted by Gasteiger charge is -2.35. The summed E-state index contributed by atoms with van der Waals surface area (Å²) >= 11 is 1.26. The number of piperazine rings is 1. The highest BCUT2D eigenvalue weighted by molar-refractivity contribution is 7.09. The molecule has 0 radical (unpaired) electrons. The van der Waals surface area contributed by atoms with E-state index in [1.165, 1.54) is 23.5 Å². The molecule has 3 heterocycles. The van der Waals surface area contributed by atoms with Gasteiger partial charge in [0.1, 0.15) is 28.0 Å². The zero-order chi connectivity index (χ0) is 25.5. The molecule has 13 heteroatoms. The molecule has 0 saturated carbocycles. The van der Waals surface area contributed by atoms with E-state index < -0.39 is 12.3 Å². The van der Waals surface area contributed by atoms with Gasteiger partial charge in [0.25, 0.3) is 11.8 Å². The smallest absolute Gasteiger partial charge is 0.484 e. The average Bonchev–Trinajstić information content (AvgIpc) is 3.35. The summed E-state index contributed by atoms with van der Waals surface area (Å²) in [5.74, 6) is 0.103. The fraction of sp³-hybridized carbons (Fsp3) is 0.304. The van der Waals surface area contributed by atoms with E-state index >= 15 is 0 Å². The van der Waals surface area contributed by atoms with Crippen LogP contribution in [-0.2, 0) is 11.3 Å². The number of nitrogens with zero attached hydrogens (tertiary/aromatic N) is 4. The van der Waals surface area contributed by atoms with Crippen LogP contribution in [0.4, 0.5) is 19.0 Å². The first kappa shape index (κ1) is 25.2. The molecule has 0 spiro atoms. The molecular weight excluding hydrogens is 499 g/mol. The van der Waals surface area contributed by atoms with Crippen molar-refractivity contribution < 1.29 is 32.2 Å². The van der Waals surface area contributed by atoms with Gasteiger partial charge in [-0.2, -0.15) is 0 Å². The molecular formula is C23H22F3N5O4S. The van der Waals surface area contributed by atoms with Crippen LogP contribution in [0.2, 0.25) is 0 Å². The molecule has 0 aliphatic carbocycles. The normalized spacial score (nSPS) is 13.9. The van der Waals surface area contributed by atoms with Crippen molar-refractivity contribution in [2.75, 3.05) is 37.7 Å². The Bertz CT molecular complexity index is 1170. The third kappa shape index (κ3) is 7.07. The van der Waals surface area contributed by atoms with Crippen molar-refractivity contribution in [3.63, 3.8) is 0 Å². The molecule has 0 unspecified atom stereocenters. The van der Waals surface area contributed by atoms with E-state index in [9.17, 15) is 22.8 Å². The van der Waals surface area contributed by atoms with Gasteiger partial charge >= 0.3 is 6.36 Å². The number of hydrogen-bond donors (Lipinski definition) is 1. The molecule has 9 nitrogen and oxygen atoms in total. The van der Waals surface area contributed by atoms with Crippen LogP contribution in [0.1, 0.15) is 15.5 Å². The van der Waals surface area contributed by atoms with Gasteiger partial charge in [0.15, 0.2) is 6.61 Å². The number of nitrogens with one attached hydrogen (secondary N) is 1. The Morgan fingerprint density at radius 1 is 1.03 bits per heavy atom. The van der Waals surface area contributed by atoms with Crippen LogP contribution in [-0.4, -0.2) is 65.8 Å². The van der Waals surface area contributed by atoms with Gasteiger partial charge in [-0.25, -0.2) is 9.97 Å². The van der Waals surface area contributed by atoms with Crippen LogP contribution < -0.4 is 19.7 Å². The number of rotatable bonds is 8. The van der Waals surface area contributed by atoms with Gasteiger partial charge in [-0.05, 0) is 36.4 Å². The minimum absolute atomic E-state index is 0.117. The van der Waals surface area contributed by atoms with Gasteiger partial charge in [0, 0.05) is 37.8 Å². The predicted octanol–water partition coefficient (Wildman–Crippen LogP) is 3.09. The number of carbonyl (C=O) groups excluding carboxylic acids is 2. The van der Waals surface area contributed by atoms with E-state index in [-0.39, 0.29) is 30.6 Å². The largest absolute Gasteiger partial charge is 0.573 e. The first-order chi connectivity index (χ1) is 17.3. The number of thiazole rings is 1. The molecule has 3 aromatic rings. The number of pyridine rings is 1. The molecule has 1 N–H and O–H groups in total. The Morgan fingerprint density at radius 2 is 1.75 bits per heavy atom. The number of amides is 2. The van der Waals surface area contributed by atoms with Crippen LogP contribution in [0.25, 0.3) is 0 Å². The summed E-state index contributed by atoms with van der Waals surface area (Å²) in [7, 11) is 0. The van der Waals surface area contributed by atoms with Crippen molar-refractivity contribution in [2.24, 2.45) is 0 Å². The fourth-order valence-electron chi connectivity index (χ4n) is 3.44. The lowest BCUT2D eigenvalue weighted by atomic mass is 10.3. The number of hydrogen-bond acceptors (Lipinski definition) is 8. The summed E-state index contributed by atoms with van der Waals surface area (Å²) in [6.07, 6.45) is -3.04. The van der Waals surface area contributed by atoms with E-state index in [0.29, 0.717) is 36.9 Å². The molecule has 190 valence electrons. The molecule has 1 aliphatic rings. The standard InChI is InChI=1S/C23H22F3N5O4S/c24-23(25,26)35-17-6-4-16(5-7-17)34-14-20(32)28-13-21-29-18(15-36-21)22(33)31-11-9-30(10-12-31)19-3-1-2-8-27-19/h1-8,15H,9-14H2,(H,28,32). The first-order valence-electron chi connectivity index (χ1n) is 10.9. The SMILES string of the molecule is O=C(COc1ccc(OC(F)(F)F)cc1)NCc1nc(C(=O)N2CCN(c3ccccn3)CC2)cs1. The number of halogens is 3. The lowest BCUT2D eigenvalue weighted by molar-refractivity contribution is -0.274. The summed E-state index contributed by atoms with van der Waals surface area (Å²) < 4.78 is 45.6. The average molecular weight is 522 g/mol. The lowest BCUT2D eigenvalue weighted by Crippen LogP contribution is -2.49. The second kappa shape index (κ2) is 11.2. The predicted molar refractivity (Wildman–Crippen MR) is 125 cm³/mol. The topological polar surface area (TPSA) is 96.9 Å². The van der Waals surface area contributed by atoms with Crippen LogP contribution in [0.3, 0.4) is 0 Å². The highest BCUT2D eigenvalue weighted by atomic mass is 32.1. The zero-order valence-corrected chi connectivity index (χ0v) is 19.7. The minimum atomic E-state index is -4.78.